The molecule has 1 saturated heterocycles. The van der Waals surface area contributed by atoms with Crippen molar-refractivity contribution in [3.8, 4) is 0 Å². The quantitative estimate of drug-likeness (QED) is 0.769. The molecule has 3 nitrogen and oxygen atoms in total. The van der Waals surface area contributed by atoms with Crippen molar-refractivity contribution in [3.63, 3.8) is 0 Å². The molecule has 0 saturated carbocycles. The van der Waals surface area contributed by atoms with E-state index in [0.717, 1.165) is 19.6 Å². The Labute approximate surface area is 106 Å². The van der Waals surface area contributed by atoms with Crippen molar-refractivity contribution < 1.29 is 9.53 Å². The highest BCUT2D eigenvalue weighted by atomic mass is 32.2. The first-order chi connectivity index (χ1) is 8.29. The number of benzene rings is 1. The lowest BCUT2D eigenvalue weighted by molar-refractivity contribution is 0.0600. The molecule has 17 heavy (non-hydrogen) atoms. The smallest absolute Gasteiger partial charge is 0.337 e. The fraction of sp³-hybridized carbons (Fsp3) is 0.462. The van der Waals surface area contributed by atoms with Crippen molar-refractivity contribution in [3.05, 3.63) is 35.4 Å². The minimum absolute atomic E-state index is 0.263. The maximum absolute atomic E-state index is 11.4. The fourth-order valence-corrected chi connectivity index (χ4v) is 2.91. The van der Waals surface area contributed by atoms with E-state index >= 15 is 0 Å². The SMILES string of the molecule is COC(=O)c1cccc(CN2CCSCC2)c1. The molecule has 0 aliphatic carbocycles. The third-order valence-electron chi connectivity index (χ3n) is 2.86. The minimum atomic E-state index is -0.263. The molecule has 2 rings (SSSR count). The third-order valence-corrected chi connectivity index (χ3v) is 3.80. The predicted molar refractivity (Wildman–Crippen MR) is 70.4 cm³/mol. The van der Waals surface area contributed by atoms with Gasteiger partial charge in [-0.3, -0.25) is 4.90 Å². The molecule has 1 aliphatic rings. The molecule has 0 bridgehead atoms. The van der Waals surface area contributed by atoms with Gasteiger partial charge in [-0.05, 0) is 17.7 Å². The first-order valence-corrected chi connectivity index (χ1v) is 6.92. The molecule has 0 atom stereocenters. The van der Waals surface area contributed by atoms with Gasteiger partial charge in [-0.25, -0.2) is 4.79 Å². The lowest BCUT2D eigenvalue weighted by Gasteiger charge is -2.26. The molecule has 0 radical (unpaired) electrons. The van der Waals surface area contributed by atoms with E-state index in [9.17, 15) is 4.79 Å². The lowest BCUT2D eigenvalue weighted by Crippen LogP contribution is -2.32. The summed E-state index contributed by atoms with van der Waals surface area (Å²) in [5.74, 6) is 2.15. The van der Waals surface area contributed by atoms with Gasteiger partial charge in [0.25, 0.3) is 0 Å². The Bertz CT molecular complexity index is 389. The highest BCUT2D eigenvalue weighted by molar-refractivity contribution is 7.99. The van der Waals surface area contributed by atoms with Crippen LogP contribution in [0.15, 0.2) is 24.3 Å². The third kappa shape index (κ3) is 3.48. The number of hydrogen-bond acceptors (Lipinski definition) is 4. The van der Waals surface area contributed by atoms with Gasteiger partial charge in [-0.2, -0.15) is 11.8 Å². The van der Waals surface area contributed by atoms with Gasteiger partial charge in [0, 0.05) is 31.1 Å². The molecule has 0 amide bonds. The zero-order chi connectivity index (χ0) is 12.1. The van der Waals surface area contributed by atoms with E-state index in [1.165, 1.54) is 24.2 Å². The standard InChI is InChI=1S/C13H17NO2S/c1-16-13(15)12-4-2-3-11(9-12)10-14-5-7-17-8-6-14/h2-4,9H,5-8,10H2,1H3. The maximum atomic E-state index is 11.4. The summed E-state index contributed by atoms with van der Waals surface area (Å²) >= 11 is 2.01. The molecule has 92 valence electrons. The Morgan fingerprint density at radius 2 is 2.18 bits per heavy atom. The maximum Gasteiger partial charge on any atom is 0.337 e. The van der Waals surface area contributed by atoms with Crippen LogP contribution in [0.3, 0.4) is 0 Å². The number of carbonyl (C=O) groups excluding carboxylic acids is 1. The number of thioether (sulfide) groups is 1. The van der Waals surface area contributed by atoms with Crippen LogP contribution in [0.2, 0.25) is 0 Å². The van der Waals surface area contributed by atoms with Crippen LogP contribution >= 0.6 is 11.8 Å². The Morgan fingerprint density at radius 1 is 1.41 bits per heavy atom. The van der Waals surface area contributed by atoms with Crippen LogP contribution in [0.4, 0.5) is 0 Å². The Balaban J connectivity index is 2.02. The van der Waals surface area contributed by atoms with Gasteiger partial charge in [0.15, 0.2) is 0 Å². The second kappa shape index (κ2) is 6.07. The van der Waals surface area contributed by atoms with E-state index in [2.05, 4.69) is 11.0 Å². The molecule has 0 N–H and O–H groups in total. The molecule has 0 unspecified atom stereocenters. The van der Waals surface area contributed by atoms with Crippen molar-refractivity contribution in [2.45, 2.75) is 6.54 Å². The summed E-state index contributed by atoms with van der Waals surface area (Å²) in [4.78, 5) is 13.8. The van der Waals surface area contributed by atoms with Crippen molar-refractivity contribution in [2.75, 3.05) is 31.7 Å². The van der Waals surface area contributed by atoms with Crippen LogP contribution in [0.1, 0.15) is 15.9 Å². The van der Waals surface area contributed by atoms with Crippen LogP contribution in [0, 0.1) is 0 Å². The number of nitrogens with zero attached hydrogens (tertiary/aromatic N) is 1. The highest BCUT2D eigenvalue weighted by Crippen LogP contribution is 2.14. The van der Waals surface area contributed by atoms with Gasteiger partial charge in [-0.15, -0.1) is 0 Å². The zero-order valence-corrected chi connectivity index (χ0v) is 10.8. The molecule has 1 aliphatic heterocycles. The molecule has 0 spiro atoms. The summed E-state index contributed by atoms with van der Waals surface area (Å²) in [6, 6.07) is 7.70. The second-order valence-electron chi connectivity index (χ2n) is 4.08. The molecule has 1 aromatic rings. The summed E-state index contributed by atoms with van der Waals surface area (Å²) in [5.41, 5.74) is 1.82. The van der Waals surface area contributed by atoms with E-state index in [4.69, 9.17) is 4.74 Å². The van der Waals surface area contributed by atoms with E-state index < -0.39 is 0 Å². The average molecular weight is 251 g/mol. The van der Waals surface area contributed by atoms with Gasteiger partial charge in [0.05, 0.1) is 12.7 Å². The van der Waals surface area contributed by atoms with Crippen molar-refractivity contribution in [2.24, 2.45) is 0 Å². The first-order valence-electron chi connectivity index (χ1n) is 5.77. The number of ether oxygens (including phenoxy) is 1. The number of esters is 1. The van der Waals surface area contributed by atoms with Gasteiger partial charge >= 0.3 is 5.97 Å². The lowest BCUT2D eigenvalue weighted by atomic mass is 10.1. The fourth-order valence-electron chi connectivity index (χ4n) is 1.93. The molecule has 0 aromatic heterocycles. The molecule has 1 aromatic carbocycles. The zero-order valence-electron chi connectivity index (χ0n) is 10.0. The topological polar surface area (TPSA) is 29.5 Å². The molecule has 4 heteroatoms. The number of rotatable bonds is 3. The van der Waals surface area contributed by atoms with Gasteiger partial charge in [-0.1, -0.05) is 12.1 Å². The number of methoxy groups -OCH3 is 1. The number of hydrogen-bond donors (Lipinski definition) is 0. The monoisotopic (exact) mass is 251 g/mol. The summed E-state index contributed by atoms with van der Waals surface area (Å²) < 4.78 is 4.73. The molecular weight excluding hydrogens is 234 g/mol. The average Bonchev–Trinajstić information content (AvgIpc) is 2.39. The number of carbonyl (C=O) groups is 1. The Morgan fingerprint density at radius 3 is 2.88 bits per heavy atom. The summed E-state index contributed by atoms with van der Waals surface area (Å²) in [6.07, 6.45) is 0. The van der Waals surface area contributed by atoms with Crippen LogP contribution in [0.5, 0.6) is 0 Å². The van der Waals surface area contributed by atoms with E-state index in [0.29, 0.717) is 5.56 Å². The largest absolute Gasteiger partial charge is 0.465 e. The summed E-state index contributed by atoms with van der Waals surface area (Å²) in [6.45, 7) is 3.19. The van der Waals surface area contributed by atoms with Crippen molar-refractivity contribution in [1.29, 1.82) is 0 Å². The molecule has 1 fully saturated rings. The normalized spacial score (nSPS) is 16.8. The second-order valence-corrected chi connectivity index (χ2v) is 5.31. The van der Waals surface area contributed by atoms with Crippen molar-refractivity contribution in [1.82, 2.24) is 4.90 Å². The van der Waals surface area contributed by atoms with Crippen LogP contribution in [-0.2, 0) is 11.3 Å². The Kier molecular flexibility index (Phi) is 4.45. The van der Waals surface area contributed by atoms with Gasteiger partial charge in [0.1, 0.15) is 0 Å². The summed E-state index contributed by atoms with van der Waals surface area (Å²) in [5, 5.41) is 0. The van der Waals surface area contributed by atoms with Crippen molar-refractivity contribution >= 4 is 17.7 Å². The van der Waals surface area contributed by atoms with Gasteiger partial charge < -0.3 is 4.74 Å². The van der Waals surface area contributed by atoms with E-state index in [1.54, 1.807) is 6.07 Å². The molecular formula is C13H17NO2S. The van der Waals surface area contributed by atoms with E-state index in [-0.39, 0.29) is 5.97 Å². The van der Waals surface area contributed by atoms with Crippen LogP contribution in [0.25, 0.3) is 0 Å². The van der Waals surface area contributed by atoms with Gasteiger partial charge in [0.2, 0.25) is 0 Å². The first kappa shape index (κ1) is 12.5. The van der Waals surface area contributed by atoms with Crippen LogP contribution < -0.4 is 0 Å². The Hall–Kier alpha value is -1.00. The van der Waals surface area contributed by atoms with E-state index in [1.807, 2.05) is 23.9 Å². The van der Waals surface area contributed by atoms with Crippen LogP contribution in [-0.4, -0.2) is 42.6 Å². The minimum Gasteiger partial charge on any atom is -0.465 e. The molecule has 1 heterocycles. The highest BCUT2D eigenvalue weighted by Gasteiger charge is 2.12. The summed E-state index contributed by atoms with van der Waals surface area (Å²) in [7, 11) is 1.41. The predicted octanol–water partition coefficient (Wildman–Crippen LogP) is 2.02.